The van der Waals surface area contributed by atoms with Crippen LogP contribution in [0.5, 0.6) is 5.75 Å². The molecule has 3 heterocycles. The van der Waals surface area contributed by atoms with E-state index in [0.717, 1.165) is 24.5 Å². The molecule has 2 aliphatic rings. The summed E-state index contributed by atoms with van der Waals surface area (Å²) < 4.78 is 38.8. The monoisotopic (exact) mass is 447 g/mol. The molecule has 2 fully saturated rings. The summed E-state index contributed by atoms with van der Waals surface area (Å²) in [6, 6.07) is 5.37. The molecule has 0 atom stereocenters. The fraction of sp³-hybridized carbons (Fsp3) is 0.524. The van der Waals surface area contributed by atoms with Crippen LogP contribution in [0.2, 0.25) is 0 Å². The number of nitrogens with zero attached hydrogens (tertiary/aromatic N) is 5. The van der Waals surface area contributed by atoms with Crippen LogP contribution in [-0.2, 0) is 14.8 Å². The topological polar surface area (TPSA) is 88.1 Å². The van der Waals surface area contributed by atoms with E-state index in [-0.39, 0.29) is 0 Å². The highest BCUT2D eigenvalue weighted by atomic mass is 32.2. The Morgan fingerprint density at radius 2 is 1.68 bits per heavy atom. The molecule has 31 heavy (non-hydrogen) atoms. The van der Waals surface area contributed by atoms with Gasteiger partial charge in [-0.2, -0.15) is 9.29 Å². The van der Waals surface area contributed by atoms with E-state index in [1.807, 2.05) is 13.0 Å². The van der Waals surface area contributed by atoms with E-state index in [0.29, 0.717) is 61.5 Å². The maximum absolute atomic E-state index is 13.3. The van der Waals surface area contributed by atoms with Crippen LogP contribution in [0, 0.1) is 13.8 Å². The largest absolute Gasteiger partial charge is 0.496 e. The van der Waals surface area contributed by atoms with E-state index in [4.69, 9.17) is 14.5 Å². The first-order chi connectivity index (χ1) is 14.9. The molecule has 0 spiro atoms. The van der Waals surface area contributed by atoms with Gasteiger partial charge in [0.15, 0.2) is 0 Å². The molecule has 2 aromatic rings. The van der Waals surface area contributed by atoms with Crippen molar-refractivity contribution in [3.63, 3.8) is 0 Å². The molecular weight excluding hydrogens is 418 g/mol. The van der Waals surface area contributed by atoms with Crippen molar-refractivity contribution in [3.8, 4) is 5.75 Å². The third kappa shape index (κ3) is 4.46. The van der Waals surface area contributed by atoms with Gasteiger partial charge in [0.05, 0.1) is 25.2 Å². The Hall–Kier alpha value is -2.43. The van der Waals surface area contributed by atoms with Gasteiger partial charge in [-0.05, 0) is 43.2 Å². The molecular formula is C21H29N5O4S. The lowest BCUT2D eigenvalue weighted by Crippen LogP contribution is -2.49. The van der Waals surface area contributed by atoms with Crippen LogP contribution in [0.1, 0.15) is 11.1 Å². The summed E-state index contributed by atoms with van der Waals surface area (Å²) in [7, 11) is -1.98. The Morgan fingerprint density at radius 3 is 2.35 bits per heavy atom. The number of aromatic nitrogens is 2. The maximum Gasteiger partial charge on any atom is 0.243 e. The SMILES string of the molecule is COc1cc(C)c(S(=O)(=O)N2CCN(c3ccnc(N4CCOCC4)n3)CC2)cc1C. The lowest BCUT2D eigenvalue weighted by Gasteiger charge is -2.35. The van der Waals surface area contributed by atoms with Gasteiger partial charge in [-0.3, -0.25) is 0 Å². The predicted octanol–water partition coefficient (Wildman–Crippen LogP) is 1.45. The van der Waals surface area contributed by atoms with Crippen LogP contribution >= 0.6 is 0 Å². The van der Waals surface area contributed by atoms with E-state index < -0.39 is 10.0 Å². The van der Waals surface area contributed by atoms with Crippen molar-refractivity contribution < 1.29 is 17.9 Å². The number of anilines is 2. The van der Waals surface area contributed by atoms with Gasteiger partial charge >= 0.3 is 0 Å². The Labute approximate surface area is 183 Å². The number of sulfonamides is 1. The normalized spacial score (nSPS) is 18.3. The minimum atomic E-state index is -3.57. The number of rotatable bonds is 5. The average Bonchev–Trinajstić information content (AvgIpc) is 2.81. The van der Waals surface area contributed by atoms with Crippen molar-refractivity contribution in [1.82, 2.24) is 14.3 Å². The predicted molar refractivity (Wildman–Crippen MR) is 119 cm³/mol. The van der Waals surface area contributed by atoms with Gasteiger partial charge in [-0.15, -0.1) is 0 Å². The van der Waals surface area contributed by atoms with E-state index >= 15 is 0 Å². The van der Waals surface area contributed by atoms with Crippen molar-refractivity contribution in [2.45, 2.75) is 18.7 Å². The summed E-state index contributed by atoms with van der Waals surface area (Å²) in [6.45, 7) is 8.53. The average molecular weight is 448 g/mol. The van der Waals surface area contributed by atoms with Crippen molar-refractivity contribution in [2.75, 3.05) is 69.4 Å². The Kier molecular flexibility index (Phi) is 6.31. The molecule has 9 nitrogen and oxygen atoms in total. The first-order valence-electron chi connectivity index (χ1n) is 10.5. The minimum absolute atomic E-state index is 0.343. The molecule has 4 rings (SSSR count). The first-order valence-corrected chi connectivity index (χ1v) is 11.9. The summed E-state index contributed by atoms with van der Waals surface area (Å²) in [6.07, 6.45) is 1.76. The Morgan fingerprint density at radius 1 is 0.968 bits per heavy atom. The third-order valence-electron chi connectivity index (χ3n) is 5.79. The second kappa shape index (κ2) is 8.97. The van der Waals surface area contributed by atoms with Crippen molar-refractivity contribution in [1.29, 1.82) is 0 Å². The van der Waals surface area contributed by atoms with Crippen LogP contribution in [0.25, 0.3) is 0 Å². The molecule has 0 aliphatic carbocycles. The zero-order valence-electron chi connectivity index (χ0n) is 18.2. The number of aryl methyl sites for hydroxylation is 2. The van der Waals surface area contributed by atoms with Gasteiger partial charge in [-0.1, -0.05) is 0 Å². The Balaban J connectivity index is 1.47. The molecule has 0 N–H and O–H groups in total. The van der Waals surface area contributed by atoms with Gasteiger partial charge in [0.1, 0.15) is 11.6 Å². The zero-order chi connectivity index (χ0) is 22.0. The fourth-order valence-electron chi connectivity index (χ4n) is 3.99. The minimum Gasteiger partial charge on any atom is -0.496 e. The van der Waals surface area contributed by atoms with Crippen LogP contribution in [0.3, 0.4) is 0 Å². The summed E-state index contributed by atoms with van der Waals surface area (Å²) in [5, 5.41) is 0. The molecule has 168 valence electrons. The van der Waals surface area contributed by atoms with Gasteiger partial charge in [-0.25, -0.2) is 13.4 Å². The second-order valence-electron chi connectivity index (χ2n) is 7.79. The number of benzene rings is 1. The summed E-state index contributed by atoms with van der Waals surface area (Å²) in [5.74, 6) is 2.21. The van der Waals surface area contributed by atoms with E-state index in [2.05, 4.69) is 14.8 Å². The van der Waals surface area contributed by atoms with Crippen LogP contribution < -0.4 is 14.5 Å². The summed E-state index contributed by atoms with van der Waals surface area (Å²) in [5.41, 5.74) is 1.50. The van der Waals surface area contributed by atoms with Crippen molar-refractivity contribution >= 4 is 21.8 Å². The number of piperazine rings is 1. The Bertz CT molecular complexity index is 1030. The second-order valence-corrected chi connectivity index (χ2v) is 9.70. The lowest BCUT2D eigenvalue weighted by atomic mass is 10.1. The van der Waals surface area contributed by atoms with E-state index in [1.54, 1.807) is 36.7 Å². The highest BCUT2D eigenvalue weighted by molar-refractivity contribution is 7.89. The summed E-state index contributed by atoms with van der Waals surface area (Å²) in [4.78, 5) is 13.7. The highest BCUT2D eigenvalue weighted by Gasteiger charge is 2.31. The standard InChI is InChI=1S/C21H29N5O4S/c1-16-15-19(17(2)14-18(16)29-3)31(27,28)26-8-6-24(7-9-26)20-4-5-22-21(23-20)25-10-12-30-13-11-25/h4-5,14-15H,6-13H2,1-3H3. The molecule has 0 amide bonds. The van der Waals surface area contributed by atoms with Crippen LogP contribution in [0.15, 0.2) is 29.3 Å². The smallest absolute Gasteiger partial charge is 0.243 e. The molecule has 0 unspecified atom stereocenters. The molecule has 0 radical (unpaired) electrons. The highest BCUT2D eigenvalue weighted by Crippen LogP contribution is 2.28. The number of ether oxygens (including phenoxy) is 2. The van der Waals surface area contributed by atoms with Crippen LogP contribution in [0.4, 0.5) is 11.8 Å². The van der Waals surface area contributed by atoms with Gasteiger partial charge in [0.2, 0.25) is 16.0 Å². The molecule has 2 aliphatic heterocycles. The molecule has 0 saturated carbocycles. The molecule has 1 aromatic heterocycles. The van der Waals surface area contributed by atoms with Crippen molar-refractivity contribution in [3.05, 3.63) is 35.5 Å². The van der Waals surface area contributed by atoms with Crippen LogP contribution in [-0.4, -0.2) is 82.3 Å². The number of morpholine rings is 1. The quantitative estimate of drug-likeness (QED) is 0.681. The number of methoxy groups -OCH3 is 1. The zero-order valence-corrected chi connectivity index (χ0v) is 19.1. The van der Waals surface area contributed by atoms with Gasteiger partial charge in [0.25, 0.3) is 0 Å². The molecule has 1 aromatic carbocycles. The molecule has 2 saturated heterocycles. The van der Waals surface area contributed by atoms with E-state index in [1.165, 1.54) is 0 Å². The van der Waals surface area contributed by atoms with Gasteiger partial charge in [0, 0.05) is 45.5 Å². The molecule has 0 bridgehead atoms. The molecule has 10 heteroatoms. The van der Waals surface area contributed by atoms with Crippen molar-refractivity contribution in [2.24, 2.45) is 0 Å². The third-order valence-corrected chi connectivity index (χ3v) is 7.84. The van der Waals surface area contributed by atoms with Gasteiger partial charge < -0.3 is 19.3 Å². The first kappa shape index (κ1) is 21.8. The lowest BCUT2D eigenvalue weighted by molar-refractivity contribution is 0.122. The van der Waals surface area contributed by atoms with E-state index in [9.17, 15) is 8.42 Å². The maximum atomic E-state index is 13.3. The number of hydrogen-bond acceptors (Lipinski definition) is 8. The number of hydrogen-bond donors (Lipinski definition) is 0. The fourth-order valence-corrected chi connectivity index (χ4v) is 5.70. The summed E-state index contributed by atoms with van der Waals surface area (Å²) >= 11 is 0.